The van der Waals surface area contributed by atoms with E-state index in [0.29, 0.717) is 0 Å². The van der Waals surface area contributed by atoms with Gasteiger partial charge < -0.3 is 9.88 Å². The van der Waals surface area contributed by atoms with Crippen molar-refractivity contribution in [3.63, 3.8) is 0 Å². The highest BCUT2D eigenvalue weighted by Crippen LogP contribution is 2.38. The van der Waals surface area contributed by atoms with Gasteiger partial charge in [0.05, 0.1) is 5.69 Å². The maximum absolute atomic E-state index is 4.63. The smallest absolute Gasteiger partial charge is 0.111 e. The Morgan fingerprint density at radius 3 is 3.00 bits per heavy atom. The van der Waals surface area contributed by atoms with Crippen LogP contribution in [0.5, 0.6) is 0 Å². The molecule has 2 rings (SSSR count). The molecular weight excluding hydrogens is 162 g/mol. The zero-order chi connectivity index (χ0) is 9.26. The summed E-state index contributed by atoms with van der Waals surface area (Å²) in [6, 6.07) is 0. The normalized spacial score (nSPS) is 16.5. The van der Waals surface area contributed by atoms with Crippen molar-refractivity contribution in [2.45, 2.75) is 25.2 Å². The fraction of sp³-hybridized carbons (Fsp3) is 0.700. The molecule has 1 fully saturated rings. The van der Waals surface area contributed by atoms with Gasteiger partial charge in [-0.15, -0.1) is 0 Å². The maximum atomic E-state index is 4.63. The van der Waals surface area contributed by atoms with Gasteiger partial charge in [-0.05, 0) is 19.9 Å². The van der Waals surface area contributed by atoms with Crippen molar-refractivity contribution in [1.82, 2.24) is 14.9 Å². The highest BCUT2D eigenvalue weighted by molar-refractivity contribution is 5.12. The van der Waals surface area contributed by atoms with E-state index in [1.807, 2.05) is 7.05 Å². The summed E-state index contributed by atoms with van der Waals surface area (Å²) in [5.74, 6) is 2.04. The summed E-state index contributed by atoms with van der Waals surface area (Å²) < 4.78 is 2.18. The van der Waals surface area contributed by atoms with E-state index >= 15 is 0 Å². The van der Waals surface area contributed by atoms with E-state index in [1.54, 1.807) is 0 Å². The van der Waals surface area contributed by atoms with Crippen LogP contribution in [0, 0.1) is 0 Å². The summed E-state index contributed by atoms with van der Waals surface area (Å²) in [6.45, 7) is 1.01. The average Bonchev–Trinajstić information content (AvgIpc) is 2.88. The predicted molar refractivity (Wildman–Crippen MR) is 52.8 cm³/mol. The number of likely N-dealkylation sites (N-methyl/N-ethyl adjacent to an activating group) is 1. The third-order valence-corrected chi connectivity index (χ3v) is 2.54. The molecule has 0 aliphatic heterocycles. The van der Waals surface area contributed by atoms with Crippen LogP contribution in [0.25, 0.3) is 0 Å². The molecule has 0 bridgehead atoms. The van der Waals surface area contributed by atoms with Crippen LogP contribution < -0.4 is 5.32 Å². The molecule has 0 atom stereocenters. The predicted octanol–water partition coefficient (Wildman–Crippen LogP) is 1.06. The minimum absolute atomic E-state index is 0.758. The van der Waals surface area contributed by atoms with Gasteiger partial charge in [-0.2, -0.15) is 0 Å². The molecule has 1 aliphatic carbocycles. The lowest BCUT2D eigenvalue weighted by molar-refractivity contribution is 0.776. The molecule has 1 aliphatic rings. The number of rotatable bonds is 4. The number of imidazole rings is 1. The first-order valence-corrected chi connectivity index (χ1v) is 4.98. The Kier molecular flexibility index (Phi) is 2.36. The zero-order valence-corrected chi connectivity index (χ0v) is 8.38. The molecule has 13 heavy (non-hydrogen) atoms. The van der Waals surface area contributed by atoms with Crippen LogP contribution in [0.1, 0.15) is 30.3 Å². The second-order valence-corrected chi connectivity index (χ2v) is 3.83. The van der Waals surface area contributed by atoms with Gasteiger partial charge in [0, 0.05) is 32.1 Å². The van der Waals surface area contributed by atoms with Gasteiger partial charge in [0.2, 0.25) is 0 Å². The number of hydrogen-bond donors (Lipinski definition) is 1. The van der Waals surface area contributed by atoms with Gasteiger partial charge in [0.25, 0.3) is 0 Å². The van der Waals surface area contributed by atoms with E-state index < -0.39 is 0 Å². The lowest BCUT2D eigenvalue weighted by Crippen LogP contribution is -2.10. The average molecular weight is 179 g/mol. The Hall–Kier alpha value is -0.830. The first kappa shape index (κ1) is 8.75. The van der Waals surface area contributed by atoms with E-state index in [2.05, 4.69) is 28.1 Å². The molecule has 1 aromatic heterocycles. The molecule has 3 heteroatoms. The van der Waals surface area contributed by atoms with E-state index in [4.69, 9.17) is 0 Å². The van der Waals surface area contributed by atoms with Crippen molar-refractivity contribution in [1.29, 1.82) is 0 Å². The fourth-order valence-corrected chi connectivity index (χ4v) is 1.64. The molecule has 1 saturated carbocycles. The quantitative estimate of drug-likeness (QED) is 0.749. The van der Waals surface area contributed by atoms with Crippen molar-refractivity contribution in [2.75, 3.05) is 13.6 Å². The first-order valence-electron chi connectivity index (χ1n) is 4.98. The minimum atomic E-state index is 0.758. The van der Waals surface area contributed by atoms with Crippen molar-refractivity contribution in [3.8, 4) is 0 Å². The molecule has 0 spiro atoms. The summed E-state index contributed by atoms with van der Waals surface area (Å²) in [5.41, 5.74) is 1.22. The van der Waals surface area contributed by atoms with E-state index in [9.17, 15) is 0 Å². The Morgan fingerprint density at radius 1 is 1.62 bits per heavy atom. The first-order chi connectivity index (χ1) is 6.31. The molecule has 1 aromatic rings. The lowest BCUT2D eigenvalue weighted by Gasteiger charge is -1.95. The molecule has 3 nitrogen and oxygen atoms in total. The van der Waals surface area contributed by atoms with Crippen LogP contribution in [0.4, 0.5) is 0 Å². The van der Waals surface area contributed by atoms with Crippen molar-refractivity contribution in [2.24, 2.45) is 7.05 Å². The second kappa shape index (κ2) is 3.50. The molecule has 0 aromatic carbocycles. The Labute approximate surface area is 79.2 Å². The number of nitrogens with zero attached hydrogens (tertiary/aromatic N) is 2. The van der Waals surface area contributed by atoms with Gasteiger partial charge in [-0.3, -0.25) is 0 Å². The number of aromatic nitrogens is 2. The van der Waals surface area contributed by atoms with Gasteiger partial charge in [-0.25, -0.2) is 4.98 Å². The summed E-state index contributed by atoms with van der Waals surface area (Å²) >= 11 is 0. The van der Waals surface area contributed by atoms with E-state index in [0.717, 1.165) is 18.9 Å². The molecule has 72 valence electrons. The van der Waals surface area contributed by atoms with Crippen LogP contribution >= 0.6 is 0 Å². The van der Waals surface area contributed by atoms with Gasteiger partial charge in [0.1, 0.15) is 5.82 Å². The lowest BCUT2D eigenvalue weighted by atomic mass is 10.3. The standard InChI is InChI=1S/C10H17N3/c1-11-6-5-9-7-13(2)10(12-9)8-3-4-8/h7-8,11H,3-6H2,1-2H3. The zero-order valence-electron chi connectivity index (χ0n) is 8.38. The third-order valence-electron chi connectivity index (χ3n) is 2.54. The third kappa shape index (κ3) is 1.91. The maximum Gasteiger partial charge on any atom is 0.111 e. The van der Waals surface area contributed by atoms with Gasteiger partial charge in [-0.1, -0.05) is 0 Å². The summed E-state index contributed by atoms with van der Waals surface area (Å²) in [6.07, 6.45) is 5.86. The van der Waals surface area contributed by atoms with Crippen molar-refractivity contribution in [3.05, 3.63) is 17.7 Å². The fourth-order valence-electron chi connectivity index (χ4n) is 1.64. The van der Waals surface area contributed by atoms with Crippen molar-refractivity contribution < 1.29 is 0 Å². The molecular formula is C10H17N3. The molecule has 1 N–H and O–H groups in total. The molecule has 0 unspecified atom stereocenters. The second-order valence-electron chi connectivity index (χ2n) is 3.83. The van der Waals surface area contributed by atoms with Crippen LogP contribution in [-0.4, -0.2) is 23.1 Å². The minimum Gasteiger partial charge on any atom is -0.337 e. The topological polar surface area (TPSA) is 29.9 Å². The Balaban J connectivity index is 2.05. The highest BCUT2D eigenvalue weighted by Gasteiger charge is 2.27. The summed E-state index contributed by atoms with van der Waals surface area (Å²) in [4.78, 5) is 4.63. The van der Waals surface area contributed by atoms with Crippen LogP contribution in [-0.2, 0) is 13.5 Å². The molecule has 0 saturated heterocycles. The number of hydrogen-bond acceptors (Lipinski definition) is 2. The number of nitrogens with one attached hydrogen (secondary N) is 1. The molecule has 1 heterocycles. The van der Waals surface area contributed by atoms with E-state index in [1.165, 1.54) is 24.4 Å². The van der Waals surface area contributed by atoms with Gasteiger partial charge in [0.15, 0.2) is 0 Å². The van der Waals surface area contributed by atoms with Crippen LogP contribution in [0.2, 0.25) is 0 Å². The summed E-state index contributed by atoms with van der Waals surface area (Å²) in [7, 11) is 4.08. The van der Waals surface area contributed by atoms with Crippen LogP contribution in [0.3, 0.4) is 0 Å². The molecule has 0 radical (unpaired) electrons. The van der Waals surface area contributed by atoms with E-state index in [-0.39, 0.29) is 0 Å². The summed E-state index contributed by atoms with van der Waals surface area (Å²) in [5, 5.41) is 3.14. The monoisotopic (exact) mass is 179 g/mol. The van der Waals surface area contributed by atoms with Crippen LogP contribution in [0.15, 0.2) is 6.20 Å². The SMILES string of the molecule is CNCCc1cn(C)c(C2CC2)n1. The van der Waals surface area contributed by atoms with Gasteiger partial charge >= 0.3 is 0 Å². The number of aryl methyl sites for hydroxylation is 1. The van der Waals surface area contributed by atoms with Crippen molar-refractivity contribution >= 4 is 0 Å². The highest BCUT2D eigenvalue weighted by atomic mass is 15.1. The Morgan fingerprint density at radius 2 is 2.38 bits per heavy atom. The Bertz CT molecular complexity index is 286. The molecule has 0 amide bonds. The largest absolute Gasteiger partial charge is 0.337 e.